The van der Waals surface area contributed by atoms with E-state index >= 15 is 0 Å². The van der Waals surface area contributed by atoms with Gasteiger partial charge in [0.25, 0.3) is 5.91 Å². The van der Waals surface area contributed by atoms with Gasteiger partial charge in [0.1, 0.15) is 0 Å². The van der Waals surface area contributed by atoms with E-state index in [9.17, 15) is 4.79 Å². The molecule has 1 aromatic heterocycles. The molecule has 2 aliphatic rings. The number of nitrogens with zero attached hydrogens (tertiary/aromatic N) is 1. The number of fused-ring (bicyclic) bond motifs is 1. The van der Waals surface area contributed by atoms with Crippen molar-refractivity contribution in [2.24, 2.45) is 5.92 Å². The first-order valence-electron chi connectivity index (χ1n) is 7.92. The summed E-state index contributed by atoms with van der Waals surface area (Å²) >= 11 is 0. The summed E-state index contributed by atoms with van der Waals surface area (Å²) < 4.78 is 7.70. The zero-order valence-electron chi connectivity index (χ0n) is 12.4. The van der Waals surface area contributed by atoms with Gasteiger partial charge in [-0.1, -0.05) is 12.1 Å². The van der Waals surface area contributed by atoms with Crippen molar-refractivity contribution in [3.63, 3.8) is 0 Å². The Bertz CT molecular complexity index is 648. The monoisotopic (exact) mass is 296 g/mol. The minimum Gasteiger partial charge on any atom is -0.378 e. The third kappa shape index (κ3) is 2.55. The number of aromatic nitrogens is 1. The predicted molar refractivity (Wildman–Crippen MR) is 83.7 cm³/mol. The predicted octanol–water partition coefficient (Wildman–Crippen LogP) is 2.44. The molecule has 4 rings (SSSR count). The van der Waals surface area contributed by atoms with Crippen LogP contribution in [0.3, 0.4) is 0 Å². The highest BCUT2D eigenvalue weighted by molar-refractivity contribution is 5.94. The van der Waals surface area contributed by atoms with Gasteiger partial charge in [-0.05, 0) is 42.7 Å². The van der Waals surface area contributed by atoms with Crippen molar-refractivity contribution in [1.82, 2.24) is 9.88 Å². The first-order chi connectivity index (χ1) is 10.8. The van der Waals surface area contributed by atoms with Crippen LogP contribution in [0.15, 0.2) is 48.8 Å². The Kier molecular flexibility index (Phi) is 3.47. The molecule has 0 unspecified atom stereocenters. The van der Waals surface area contributed by atoms with E-state index in [2.05, 4.69) is 9.88 Å². The van der Waals surface area contributed by atoms with Crippen LogP contribution >= 0.6 is 0 Å². The first-order valence-corrected chi connectivity index (χ1v) is 7.92. The molecule has 0 bridgehead atoms. The van der Waals surface area contributed by atoms with E-state index in [0.29, 0.717) is 18.1 Å². The quantitative estimate of drug-likeness (QED) is 0.941. The lowest BCUT2D eigenvalue weighted by Gasteiger charge is -2.39. The summed E-state index contributed by atoms with van der Waals surface area (Å²) in [6.07, 6.45) is 6.50. The van der Waals surface area contributed by atoms with Crippen molar-refractivity contribution < 1.29 is 9.53 Å². The molecule has 2 fully saturated rings. The fraction of sp³-hybridized carbons (Fsp3) is 0.389. The second kappa shape index (κ2) is 5.61. The number of amides is 1. The molecule has 2 heterocycles. The third-order valence-electron chi connectivity index (χ3n) is 4.83. The van der Waals surface area contributed by atoms with Crippen molar-refractivity contribution in [3.8, 4) is 0 Å². The summed E-state index contributed by atoms with van der Waals surface area (Å²) in [5.41, 5.74) is 1.93. The Hall–Kier alpha value is -2.07. The van der Waals surface area contributed by atoms with Crippen molar-refractivity contribution in [1.29, 1.82) is 0 Å². The molecule has 4 heteroatoms. The fourth-order valence-corrected chi connectivity index (χ4v) is 3.46. The maximum Gasteiger partial charge on any atom is 0.251 e. The van der Waals surface area contributed by atoms with Crippen molar-refractivity contribution in [3.05, 3.63) is 59.9 Å². The Labute approximate surface area is 130 Å². The van der Waals surface area contributed by atoms with Gasteiger partial charge in [0.2, 0.25) is 0 Å². The second-order valence-corrected chi connectivity index (χ2v) is 6.23. The molecule has 22 heavy (non-hydrogen) atoms. The summed E-state index contributed by atoms with van der Waals surface area (Å²) in [4.78, 5) is 12.3. The lowest BCUT2D eigenvalue weighted by atomic mass is 9.76. The maximum absolute atomic E-state index is 12.3. The van der Waals surface area contributed by atoms with Gasteiger partial charge in [-0.2, -0.15) is 0 Å². The second-order valence-electron chi connectivity index (χ2n) is 6.23. The molecule has 0 radical (unpaired) electrons. The van der Waals surface area contributed by atoms with Gasteiger partial charge in [0, 0.05) is 43.1 Å². The Morgan fingerprint density at radius 3 is 2.73 bits per heavy atom. The van der Waals surface area contributed by atoms with Gasteiger partial charge in [-0.25, -0.2) is 0 Å². The van der Waals surface area contributed by atoms with Crippen LogP contribution in [-0.4, -0.2) is 29.2 Å². The van der Waals surface area contributed by atoms with Gasteiger partial charge >= 0.3 is 0 Å². The average Bonchev–Trinajstić information content (AvgIpc) is 3.15. The van der Waals surface area contributed by atoms with E-state index in [4.69, 9.17) is 4.74 Å². The molecule has 2 aromatic rings. The zero-order valence-corrected chi connectivity index (χ0v) is 12.4. The third-order valence-corrected chi connectivity index (χ3v) is 4.83. The minimum atomic E-state index is 0.0304. The number of benzene rings is 1. The zero-order chi connectivity index (χ0) is 14.9. The summed E-state index contributed by atoms with van der Waals surface area (Å²) in [6.45, 7) is 1.68. The van der Waals surface area contributed by atoms with Crippen molar-refractivity contribution in [2.45, 2.75) is 31.5 Å². The molecule has 1 amide bonds. The molecule has 1 aromatic carbocycles. The molecule has 1 aliphatic carbocycles. The van der Waals surface area contributed by atoms with Crippen molar-refractivity contribution in [2.75, 3.05) is 6.61 Å². The van der Waals surface area contributed by atoms with Gasteiger partial charge in [0.15, 0.2) is 0 Å². The highest BCUT2D eigenvalue weighted by Gasteiger charge is 2.45. The van der Waals surface area contributed by atoms with Crippen LogP contribution in [0.5, 0.6) is 0 Å². The number of rotatable bonds is 4. The normalized spacial score (nSPS) is 26.3. The van der Waals surface area contributed by atoms with E-state index in [0.717, 1.165) is 31.6 Å². The van der Waals surface area contributed by atoms with E-state index in [1.165, 1.54) is 5.56 Å². The van der Waals surface area contributed by atoms with Gasteiger partial charge < -0.3 is 14.6 Å². The molecule has 1 aliphatic heterocycles. The first kappa shape index (κ1) is 13.6. The van der Waals surface area contributed by atoms with Gasteiger partial charge in [0.05, 0.1) is 6.10 Å². The molecule has 1 saturated carbocycles. The van der Waals surface area contributed by atoms with E-state index in [1.807, 2.05) is 48.8 Å². The maximum atomic E-state index is 12.3. The molecule has 3 atom stereocenters. The van der Waals surface area contributed by atoms with E-state index < -0.39 is 0 Å². The standard InChI is InChI=1S/C18H20N2O2/c21-18(19-16-11-17-15(16)7-10-22-17)14-5-3-13(4-6-14)12-20-8-1-2-9-20/h1-6,8-9,15-17H,7,10-12H2,(H,19,21)/t15-,16-,17+/m1/s1. The van der Waals surface area contributed by atoms with E-state index in [1.54, 1.807) is 0 Å². The Morgan fingerprint density at radius 2 is 2.00 bits per heavy atom. The average molecular weight is 296 g/mol. The van der Waals surface area contributed by atoms with Crippen LogP contribution in [0.2, 0.25) is 0 Å². The van der Waals surface area contributed by atoms with Crippen LogP contribution in [0.25, 0.3) is 0 Å². The Balaban J connectivity index is 1.37. The van der Waals surface area contributed by atoms with Crippen LogP contribution in [0, 0.1) is 5.92 Å². The summed E-state index contributed by atoms with van der Waals surface area (Å²) in [6, 6.07) is 12.2. The number of ether oxygens (including phenoxy) is 1. The topological polar surface area (TPSA) is 43.3 Å². The summed E-state index contributed by atoms with van der Waals surface area (Å²) in [5, 5.41) is 3.14. The molecule has 1 saturated heterocycles. The van der Waals surface area contributed by atoms with Crippen LogP contribution in [0.1, 0.15) is 28.8 Å². The van der Waals surface area contributed by atoms with Gasteiger partial charge in [-0.3, -0.25) is 4.79 Å². The van der Waals surface area contributed by atoms with Gasteiger partial charge in [-0.15, -0.1) is 0 Å². The lowest BCUT2D eigenvalue weighted by Crippen LogP contribution is -2.53. The molecule has 1 N–H and O–H groups in total. The highest BCUT2D eigenvalue weighted by atomic mass is 16.5. The SMILES string of the molecule is O=C(N[C@@H]1C[C@@H]2OCC[C@@H]21)c1ccc(Cn2cccc2)cc1. The summed E-state index contributed by atoms with van der Waals surface area (Å²) in [7, 11) is 0. The Morgan fingerprint density at radius 1 is 1.23 bits per heavy atom. The number of hydrogen-bond donors (Lipinski definition) is 1. The number of hydrogen-bond acceptors (Lipinski definition) is 2. The molecular weight excluding hydrogens is 276 g/mol. The highest BCUT2D eigenvalue weighted by Crippen LogP contribution is 2.38. The molecule has 4 nitrogen and oxygen atoms in total. The summed E-state index contributed by atoms with van der Waals surface area (Å²) in [5.74, 6) is 0.555. The molecular formula is C18H20N2O2. The number of nitrogens with one attached hydrogen (secondary N) is 1. The molecule has 114 valence electrons. The van der Waals surface area contributed by atoms with Crippen LogP contribution < -0.4 is 5.32 Å². The van der Waals surface area contributed by atoms with Crippen LogP contribution in [-0.2, 0) is 11.3 Å². The van der Waals surface area contributed by atoms with E-state index in [-0.39, 0.29) is 5.91 Å². The molecule has 0 spiro atoms. The number of carbonyl (C=O) groups excluding carboxylic acids is 1. The fourth-order valence-electron chi connectivity index (χ4n) is 3.46. The largest absolute Gasteiger partial charge is 0.378 e. The minimum absolute atomic E-state index is 0.0304. The number of carbonyl (C=O) groups is 1. The van der Waals surface area contributed by atoms with Crippen molar-refractivity contribution >= 4 is 5.91 Å². The smallest absolute Gasteiger partial charge is 0.251 e. The lowest BCUT2D eigenvalue weighted by molar-refractivity contribution is 0.00810. The van der Waals surface area contributed by atoms with Crippen LogP contribution in [0.4, 0.5) is 0 Å².